The van der Waals surface area contributed by atoms with Crippen LogP contribution in [0.15, 0.2) is 9.59 Å². The first-order valence-corrected chi connectivity index (χ1v) is 7.45. The number of hydrogen-bond donors (Lipinski definition) is 0. The molecule has 1 saturated heterocycles. The molecule has 0 saturated carbocycles. The number of hydrogen-bond acceptors (Lipinski definition) is 7. The van der Waals surface area contributed by atoms with E-state index >= 15 is 0 Å². The van der Waals surface area contributed by atoms with Crippen molar-refractivity contribution in [2.75, 3.05) is 13.2 Å². The Morgan fingerprint density at radius 3 is 2.54 bits per heavy atom. The summed E-state index contributed by atoms with van der Waals surface area (Å²) in [5.74, 6) is -0.494. The molecule has 0 amide bonds. The second-order valence-electron chi connectivity index (χ2n) is 5.51. The lowest BCUT2D eigenvalue weighted by atomic mass is 10.3. The van der Waals surface area contributed by atoms with Gasteiger partial charge in [0.25, 0.3) is 11.2 Å². The van der Waals surface area contributed by atoms with Gasteiger partial charge >= 0.3 is 11.6 Å². The van der Waals surface area contributed by atoms with Gasteiger partial charge < -0.3 is 19.6 Å². The molecule has 11 nitrogen and oxygen atoms in total. The maximum atomic E-state index is 12.4. The van der Waals surface area contributed by atoms with Gasteiger partial charge in [0.1, 0.15) is 0 Å². The molecule has 24 heavy (non-hydrogen) atoms. The first-order valence-electron chi connectivity index (χ1n) is 7.45. The molecule has 130 valence electrons. The molecule has 0 unspecified atom stereocenters. The summed E-state index contributed by atoms with van der Waals surface area (Å²) in [4.78, 5) is 38.9. The molecule has 0 radical (unpaired) electrons. The van der Waals surface area contributed by atoms with Gasteiger partial charge in [-0.15, -0.1) is 0 Å². The Morgan fingerprint density at radius 2 is 1.92 bits per heavy atom. The summed E-state index contributed by atoms with van der Waals surface area (Å²) in [5.41, 5.74) is -1.21. The van der Waals surface area contributed by atoms with E-state index in [1.807, 2.05) is 0 Å². The molecule has 0 aromatic carbocycles. The number of fused-ring (bicyclic) bond motifs is 1. The Hall–Kier alpha value is -2.53. The molecule has 0 bridgehead atoms. The molecule has 3 heterocycles. The molecule has 0 spiro atoms. The minimum absolute atomic E-state index is 0.00638. The molecule has 2 aromatic heterocycles. The molecule has 1 aliphatic heterocycles. The van der Waals surface area contributed by atoms with E-state index in [4.69, 9.17) is 9.47 Å². The fraction of sp³-hybridized carbons (Fsp3) is 0.615. The van der Waals surface area contributed by atoms with Crippen LogP contribution in [-0.4, -0.2) is 43.1 Å². The normalized spacial score (nSPS) is 15.9. The summed E-state index contributed by atoms with van der Waals surface area (Å²) < 4.78 is 14.1. The molecule has 11 heteroatoms. The highest BCUT2D eigenvalue weighted by Gasteiger charge is 2.27. The summed E-state index contributed by atoms with van der Waals surface area (Å²) in [5, 5.41) is 11.1. The molecule has 1 fully saturated rings. The van der Waals surface area contributed by atoms with E-state index in [2.05, 4.69) is 4.98 Å². The summed E-state index contributed by atoms with van der Waals surface area (Å²) in [6.07, 6.45) is 0.738. The minimum atomic E-state index is -0.693. The Balaban J connectivity index is 2.08. The zero-order valence-corrected chi connectivity index (χ0v) is 13.3. The van der Waals surface area contributed by atoms with Crippen molar-refractivity contribution in [2.45, 2.75) is 25.7 Å². The first-order chi connectivity index (χ1) is 11.4. The quantitative estimate of drug-likeness (QED) is 0.543. The third-order valence-corrected chi connectivity index (χ3v) is 3.98. The number of ether oxygens (including phenoxy) is 2. The van der Waals surface area contributed by atoms with E-state index in [0.29, 0.717) is 19.6 Å². The number of aromatic nitrogens is 4. The fourth-order valence-electron chi connectivity index (χ4n) is 2.72. The van der Waals surface area contributed by atoms with Crippen LogP contribution in [0.5, 0.6) is 0 Å². The first kappa shape index (κ1) is 16.3. The molecule has 0 aliphatic carbocycles. The highest BCUT2D eigenvalue weighted by Crippen LogP contribution is 2.17. The second kappa shape index (κ2) is 6.17. The molecular weight excluding hydrogens is 322 g/mol. The SMILES string of the molecule is Cn1c(=O)c2c(nc([N+](=O)[O-])n2C)n(CCC2OCCCO2)c1=O. The molecular formula is C13H17N5O6. The monoisotopic (exact) mass is 339 g/mol. The number of nitrogens with zero attached hydrogens (tertiary/aromatic N) is 5. The number of nitro groups is 1. The maximum Gasteiger partial charge on any atom is 0.437 e. The number of aryl methyl sites for hydroxylation is 2. The van der Waals surface area contributed by atoms with Gasteiger partial charge in [-0.2, -0.15) is 0 Å². The van der Waals surface area contributed by atoms with E-state index in [1.165, 1.54) is 18.7 Å². The standard InChI is InChI=1S/C13H17N5O6/c1-15-9-10(14-12(15)18(21)22)17(13(20)16(2)11(9)19)5-4-8-23-6-3-7-24-8/h8H,3-7H2,1-2H3. The lowest BCUT2D eigenvalue weighted by Crippen LogP contribution is -2.39. The van der Waals surface area contributed by atoms with Crippen LogP contribution < -0.4 is 11.2 Å². The molecule has 1 aliphatic rings. The van der Waals surface area contributed by atoms with E-state index in [1.54, 1.807) is 0 Å². The number of rotatable bonds is 4. The van der Waals surface area contributed by atoms with Crippen molar-refractivity contribution in [1.29, 1.82) is 0 Å². The molecule has 0 N–H and O–H groups in total. The Kier molecular flexibility index (Phi) is 4.20. The van der Waals surface area contributed by atoms with E-state index in [9.17, 15) is 19.7 Å². The average Bonchev–Trinajstić information content (AvgIpc) is 2.91. The predicted molar refractivity (Wildman–Crippen MR) is 81.8 cm³/mol. The van der Waals surface area contributed by atoms with Crippen molar-refractivity contribution in [3.63, 3.8) is 0 Å². The molecule has 2 aromatic rings. The molecule has 0 atom stereocenters. The van der Waals surface area contributed by atoms with Gasteiger partial charge in [0.05, 0.1) is 20.3 Å². The van der Waals surface area contributed by atoms with Crippen LogP contribution in [0.25, 0.3) is 11.2 Å². The van der Waals surface area contributed by atoms with Crippen molar-refractivity contribution in [2.24, 2.45) is 14.1 Å². The van der Waals surface area contributed by atoms with Gasteiger partial charge in [-0.3, -0.25) is 13.9 Å². The highest BCUT2D eigenvalue weighted by atomic mass is 16.7. The van der Waals surface area contributed by atoms with Gasteiger partial charge in [0.15, 0.2) is 6.29 Å². The maximum absolute atomic E-state index is 12.4. The van der Waals surface area contributed by atoms with Crippen LogP contribution >= 0.6 is 0 Å². The van der Waals surface area contributed by atoms with Crippen LogP contribution in [0.3, 0.4) is 0 Å². The summed E-state index contributed by atoms with van der Waals surface area (Å²) >= 11 is 0. The van der Waals surface area contributed by atoms with Crippen molar-refractivity contribution < 1.29 is 14.4 Å². The second-order valence-corrected chi connectivity index (χ2v) is 5.51. The van der Waals surface area contributed by atoms with Gasteiger partial charge in [-0.05, 0) is 16.3 Å². The van der Waals surface area contributed by atoms with Gasteiger partial charge in [-0.25, -0.2) is 9.36 Å². The zero-order chi connectivity index (χ0) is 17.4. The number of imidazole rings is 1. The summed E-state index contributed by atoms with van der Waals surface area (Å²) in [6, 6.07) is 0. The van der Waals surface area contributed by atoms with Gasteiger partial charge in [0.2, 0.25) is 5.52 Å². The van der Waals surface area contributed by atoms with E-state index in [-0.39, 0.29) is 17.7 Å². The van der Waals surface area contributed by atoms with Crippen LogP contribution in [-0.2, 0) is 30.1 Å². The average molecular weight is 339 g/mol. The highest BCUT2D eigenvalue weighted by molar-refractivity contribution is 5.72. The topological polar surface area (TPSA) is 123 Å². The fourth-order valence-corrected chi connectivity index (χ4v) is 2.72. The van der Waals surface area contributed by atoms with Gasteiger partial charge in [0, 0.05) is 20.0 Å². The van der Waals surface area contributed by atoms with E-state index in [0.717, 1.165) is 15.6 Å². The van der Waals surface area contributed by atoms with E-state index < -0.39 is 28.4 Å². The van der Waals surface area contributed by atoms with Crippen molar-refractivity contribution in [3.8, 4) is 0 Å². The molecule has 3 rings (SSSR count). The van der Waals surface area contributed by atoms with Crippen molar-refractivity contribution in [1.82, 2.24) is 18.7 Å². The van der Waals surface area contributed by atoms with Gasteiger partial charge in [-0.1, -0.05) is 0 Å². The zero-order valence-electron chi connectivity index (χ0n) is 13.3. The summed E-state index contributed by atoms with van der Waals surface area (Å²) in [6.45, 7) is 1.33. The minimum Gasteiger partial charge on any atom is -0.390 e. The van der Waals surface area contributed by atoms with Crippen molar-refractivity contribution >= 4 is 17.1 Å². The van der Waals surface area contributed by atoms with Crippen LogP contribution in [0.4, 0.5) is 5.95 Å². The lowest BCUT2D eigenvalue weighted by Gasteiger charge is -2.23. The lowest BCUT2D eigenvalue weighted by molar-refractivity contribution is -0.396. The Labute approximate surface area is 135 Å². The third kappa shape index (κ3) is 2.61. The van der Waals surface area contributed by atoms with Crippen LogP contribution in [0.2, 0.25) is 0 Å². The van der Waals surface area contributed by atoms with Crippen LogP contribution in [0, 0.1) is 10.1 Å². The third-order valence-electron chi connectivity index (χ3n) is 3.98. The van der Waals surface area contributed by atoms with Crippen molar-refractivity contribution in [3.05, 3.63) is 31.0 Å². The summed E-state index contributed by atoms with van der Waals surface area (Å²) in [7, 11) is 2.70. The predicted octanol–water partition coefficient (Wildman–Crippen LogP) is -0.505. The smallest absolute Gasteiger partial charge is 0.390 e. The van der Waals surface area contributed by atoms with Crippen LogP contribution in [0.1, 0.15) is 12.8 Å². The largest absolute Gasteiger partial charge is 0.437 e. The Morgan fingerprint density at radius 1 is 1.25 bits per heavy atom. The Bertz CT molecular complexity index is 904.